The summed E-state index contributed by atoms with van der Waals surface area (Å²) in [7, 11) is 1.98. The first kappa shape index (κ1) is 12.4. The third kappa shape index (κ3) is 2.69. The summed E-state index contributed by atoms with van der Waals surface area (Å²) < 4.78 is 7.56. The van der Waals surface area contributed by atoms with Crippen LogP contribution in [0.25, 0.3) is 0 Å². The Morgan fingerprint density at radius 2 is 2.26 bits per heavy atom. The lowest BCUT2D eigenvalue weighted by atomic mass is 9.99. The van der Waals surface area contributed by atoms with Crippen LogP contribution in [0.1, 0.15) is 22.9 Å². The maximum Gasteiger partial charge on any atom is 0.0721 e. The minimum atomic E-state index is 0.304. The largest absolute Gasteiger partial charge is 0.375 e. The molecule has 0 saturated carbocycles. The minimum absolute atomic E-state index is 0.304. The van der Waals surface area contributed by atoms with Gasteiger partial charge in [-0.25, -0.2) is 0 Å². The van der Waals surface area contributed by atoms with Gasteiger partial charge in [-0.2, -0.15) is 5.10 Å². The fraction of sp³-hybridized carbons (Fsp3) is 0.400. The molecule has 1 N–H and O–H groups in total. The summed E-state index contributed by atoms with van der Waals surface area (Å²) in [4.78, 5) is 0. The molecule has 1 aromatic heterocycles. The van der Waals surface area contributed by atoms with E-state index in [0.29, 0.717) is 6.04 Å². The van der Waals surface area contributed by atoms with E-state index in [2.05, 4.69) is 40.7 Å². The Balaban J connectivity index is 1.61. The van der Waals surface area contributed by atoms with Crippen molar-refractivity contribution >= 4 is 0 Å². The molecule has 0 amide bonds. The van der Waals surface area contributed by atoms with Crippen LogP contribution in [0.15, 0.2) is 36.5 Å². The van der Waals surface area contributed by atoms with Crippen LogP contribution in [0.5, 0.6) is 0 Å². The van der Waals surface area contributed by atoms with Gasteiger partial charge in [-0.05, 0) is 17.2 Å². The second-order valence-electron chi connectivity index (χ2n) is 4.92. The predicted molar refractivity (Wildman–Crippen MR) is 73.8 cm³/mol. The molecular formula is C15H19N3O. The molecule has 4 nitrogen and oxygen atoms in total. The first-order valence-electron chi connectivity index (χ1n) is 6.70. The molecule has 0 bridgehead atoms. The van der Waals surface area contributed by atoms with Crippen LogP contribution in [-0.4, -0.2) is 22.9 Å². The highest BCUT2D eigenvalue weighted by Crippen LogP contribution is 2.24. The lowest BCUT2D eigenvalue weighted by Crippen LogP contribution is -2.31. The zero-order valence-corrected chi connectivity index (χ0v) is 11.2. The van der Waals surface area contributed by atoms with Gasteiger partial charge < -0.3 is 10.1 Å². The Kier molecular flexibility index (Phi) is 3.62. The van der Waals surface area contributed by atoms with Gasteiger partial charge in [0.05, 0.1) is 19.3 Å². The SMILES string of the molecule is Cn1nccc1CCNC1COCc2ccccc21. The highest BCUT2D eigenvalue weighted by molar-refractivity contribution is 5.31. The van der Waals surface area contributed by atoms with Crippen molar-refractivity contribution in [2.75, 3.05) is 13.2 Å². The molecule has 0 saturated heterocycles. The first-order valence-corrected chi connectivity index (χ1v) is 6.70. The number of rotatable bonds is 4. The normalized spacial score (nSPS) is 18.3. The molecule has 0 spiro atoms. The number of nitrogens with zero attached hydrogens (tertiary/aromatic N) is 2. The fourth-order valence-electron chi connectivity index (χ4n) is 2.57. The second kappa shape index (κ2) is 5.55. The molecule has 2 aromatic rings. The van der Waals surface area contributed by atoms with Crippen molar-refractivity contribution in [3.05, 3.63) is 53.3 Å². The van der Waals surface area contributed by atoms with Crippen LogP contribution in [0.4, 0.5) is 0 Å². The molecule has 1 unspecified atom stereocenters. The summed E-state index contributed by atoms with van der Waals surface area (Å²) in [6.07, 6.45) is 2.82. The van der Waals surface area contributed by atoms with Crippen LogP contribution in [0, 0.1) is 0 Å². The number of ether oxygens (including phenoxy) is 1. The topological polar surface area (TPSA) is 39.1 Å². The highest BCUT2D eigenvalue weighted by atomic mass is 16.5. The maximum absolute atomic E-state index is 5.64. The van der Waals surface area contributed by atoms with Crippen molar-refractivity contribution in [2.45, 2.75) is 19.1 Å². The van der Waals surface area contributed by atoms with Crippen molar-refractivity contribution in [1.82, 2.24) is 15.1 Å². The smallest absolute Gasteiger partial charge is 0.0721 e. The van der Waals surface area contributed by atoms with Crippen LogP contribution in [0.3, 0.4) is 0 Å². The van der Waals surface area contributed by atoms with E-state index in [0.717, 1.165) is 26.2 Å². The molecule has 1 aromatic carbocycles. The van der Waals surface area contributed by atoms with Gasteiger partial charge in [0.1, 0.15) is 0 Å². The highest BCUT2D eigenvalue weighted by Gasteiger charge is 2.19. The van der Waals surface area contributed by atoms with Crippen LogP contribution in [0.2, 0.25) is 0 Å². The summed E-state index contributed by atoms with van der Waals surface area (Å²) in [5.41, 5.74) is 3.92. The molecule has 1 atom stereocenters. The lowest BCUT2D eigenvalue weighted by Gasteiger charge is -2.26. The van der Waals surface area contributed by atoms with E-state index < -0.39 is 0 Å². The minimum Gasteiger partial charge on any atom is -0.375 e. The summed E-state index contributed by atoms with van der Waals surface area (Å²) in [6, 6.07) is 10.9. The number of hydrogen-bond donors (Lipinski definition) is 1. The van der Waals surface area contributed by atoms with Crippen molar-refractivity contribution in [2.24, 2.45) is 7.05 Å². The van der Waals surface area contributed by atoms with E-state index in [4.69, 9.17) is 4.74 Å². The van der Waals surface area contributed by atoms with Gasteiger partial charge in [-0.3, -0.25) is 4.68 Å². The molecule has 0 radical (unpaired) electrons. The van der Waals surface area contributed by atoms with Crippen molar-refractivity contribution in [3.8, 4) is 0 Å². The molecule has 1 aliphatic rings. The van der Waals surface area contributed by atoms with Crippen molar-refractivity contribution < 1.29 is 4.74 Å². The maximum atomic E-state index is 5.64. The zero-order chi connectivity index (χ0) is 13.1. The number of hydrogen-bond acceptors (Lipinski definition) is 3. The van der Waals surface area contributed by atoms with E-state index in [1.807, 2.05) is 17.9 Å². The third-order valence-electron chi connectivity index (χ3n) is 3.67. The van der Waals surface area contributed by atoms with Gasteiger partial charge in [0.25, 0.3) is 0 Å². The Hall–Kier alpha value is -1.65. The summed E-state index contributed by atoms with van der Waals surface area (Å²) in [6.45, 7) is 2.42. The monoisotopic (exact) mass is 257 g/mol. The zero-order valence-electron chi connectivity index (χ0n) is 11.2. The van der Waals surface area contributed by atoms with Gasteiger partial charge in [0.15, 0.2) is 0 Å². The van der Waals surface area contributed by atoms with Crippen molar-refractivity contribution in [1.29, 1.82) is 0 Å². The fourth-order valence-corrected chi connectivity index (χ4v) is 2.57. The van der Waals surface area contributed by atoms with Gasteiger partial charge in [-0.15, -0.1) is 0 Å². The summed E-state index contributed by atoms with van der Waals surface area (Å²) >= 11 is 0. The Labute approximate surface area is 113 Å². The molecule has 4 heteroatoms. The molecule has 1 aliphatic heterocycles. The second-order valence-corrected chi connectivity index (χ2v) is 4.92. The summed E-state index contributed by atoms with van der Waals surface area (Å²) in [5.74, 6) is 0. The Bertz CT molecular complexity index is 550. The van der Waals surface area contributed by atoms with Gasteiger partial charge >= 0.3 is 0 Å². The number of aromatic nitrogens is 2. The molecule has 0 fully saturated rings. The Morgan fingerprint density at radius 3 is 3.11 bits per heavy atom. The number of nitrogens with one attached hydrogen (secondary N) is 1. The number of aryl methyl sites for hydroxylation is 1. The molecule has 100 valence electrons. The van der Waals surface area contributed by atoms with Crippen LogP contribution in [-0.2, 0) is 24.8 Å². The molecule has 0 aliphatic carbocycles. The van der Waals surface area contributed by atoms with E-state index in [-0.39, 0.29) is 0 Å². The quantitative estimate of drug-likeness (QED) is 0.908. The average Bonchev–Trinajstić information content (AvgIpc) is 2.85. The molecule has 19 heavy (non-hydrogen) atoms. The summed E-state index contributed by atoms with van der Waals surface area (Å²) in [5, 5.41) is 7.76. The lowest BCUT2D eigenvalue weighted by molar-refractivity contribution is 0.0823. The van der Waals surface area contributed by atoms with Gasteiger partial charge in [0.2, 0.25) is 0 Å². The average molecular weight is 257 g/mol. The molecule has 2 heterocycles. The van der Waals surface area contributed by atoms with Crippen LogP contribution >= 0.6 is 0 Å². The molecular weight excluding hydrogens is 238 g/mol. The predicted octanol–water partition coefficient (Wildman–Crippen LogP) is 1.82. The van der Waals surface area contributed by atoms with E-state index in [1.54, 1.807) is 0 Å². The van der Waals surface area contributed by atoms with E-state index in [9.17, 15) is 0 Å². The van der Waals surface area contributed by atoms with E-state index in [1.165, 1.54) is 16.8 Å². The Morgan fingerprint density at radius 1 is 1.37 bits per heavy atom. The first-order chi connectivity index (χ1) is 9.34. The van der Waals surface area contributed by atoms with Crippen LogP contribution < -0.4 is 5.32 Å². The van der Waals surface area contributed by atoms with Crippen molar-refractivity contribution in [3.63, 3.8) is 0 Å². The standard InChI is InChI=1S/C15H19N3O/c1-18-13(7-9-17-18)6-8-16-15-11-19-10-12-4-2-3-5-14(12)15/h2-5,7,9,15-16H,6,8,10-11H2,1H3. The molecule has 3 rings (SSSR count). The number of fused-ring (bicyclic) bond motifs is 1. The van der Waals surface area contributed by atoms with Gasteiger partial charge in [-0.1, -0.05) is 24.3 Å². The van der Waals surface area contributed by atoms with E-state index >= 15 is 0 Å². The number of benzene rings is 1. The van der Waals surface area contributed by atoms with Gasteiger partial charge in [0, 0.05) is 31.9 Å². The third-order valence-corrected chi connectivity index (χ3v) is 3.67.